The molecular formula is C13H16O4. The lowest BCUT2D eigenvalue weighted by Crippen LogP contribution is -2.25. The number of hydrogen-bond donors (Lipinski definition) is 1. The molecular weight excluding hydrogens is 220 g/mol. The number of aliphatic hydroxyl groups excluding tert-OH is 1. The highest BCUT2D eigenvalue weighted by atomic mass is 16.5. The van der Waals surface area contributed by atoms with E-state index in [2.05, 4.69) is 0 Å². The molecule has 2 rings (SSSR count). The normalized spacial score (nSPS) is 14.9. The number of benzene rings is 1. The fourth-order valence-corrected chi connectivity index (χ4v) is 1.97. The number of carbonyl (C=O) groups is 1. The molecule has 4 heteroatoms. The third-order valence-corrected chi connectivity index (χ3v) is 2.77. The van der Waals surface area contributed by atoms with Gasteiger partial charge in [-0.1, -0.05) is 18.2 Å². The minimum absolute atomic E-state index is 0.238. The summed E-state index contributed by atoms with van der Waals surface area (Å²) >= 11 is 0. The van der Waals surface area contributed by atoms with Crippen LogP contribution in [0.15, 0.2) is 18.2 Å². The number of para-hydroxylation sites is 1. The number of aliphatic hydroxyl groups is 1. The third-order valence-electron chi connectivity index (χ3n) is 2.77. The zero-order chi connectivity index (χ0) is 12.3. The Kier molecular flexibility index (Phi) is 3.64. The van der Waals surface area contributed by atoms with Crippen molar-refractivity contribution in [3.05, 3.63) is 29.3 Å². The Bertz CT molecular complexity index is 414. The van der Waals surface area contributed by atoms with Crippen LogP contribution in [0.1, 0.15) is 18.1 Å². The van der Waals surface area contributed by atoms with Crippen molar-refractivity contribution >= 4 is 5.97 Å². The number of carbonyl (C=O) groups excluding carboxylic acids is 1. The lowest BCUT2D eigenvalue weighted by molar-refractivity contribution is -0.152. The van der Waals surface area contributed by atoms with Gasteiger partial charge in [-0.05, 0) is 18.1 Å². The van der Waals surface area contributed by atoms with Crippen LogP contribution in [0.5, 0.6) is 5.75 Å². The van der Waals surface area contributed by atoms with Crippen molar-refractivity contribution < 1.29 is 19.4 Å². The number of esters is 1. The average molecular weight is 236 g/mol. The number of hydrogen-bond acceptors (Lipinski definition) is 4. The molecule has 1 atom stereocenters. The van der Waals surface area contributed by atoms with Crippen LogP contribution in [-0.2, 0) is 22.4 Å². The van der Waals surface area contributed by atoms with Crippen molar-refractivity contribution in [3.63, 3.8) is 0 Å². The van der Waals surface area contributed by atoms with E-state index < -0.39 is 12.1 Å². The molecule has 1 N–H and O–H groups in total. The van der Waals surface area contributed by atoms with Crippen molar-refractivity contribution in [2.75, 3.05) is 13.2 Å². The second-order valence-corrected chi connectivity index (χ2v) is 3.98. The van der Waals surface area contributed by atoms with Gasteiger partial charge in [-0.2, -0.15) is 0 Å². The van der Waals surface area contributed by atoms with E-state index in [4.69, 9.17) is 9.47 Å². The van der Waals surface area contributed by atoms with Crippen LogP contribution in [0, 0.1) is 0 Å². The summed E-state index contributed by atoms with van der Waals surface area (Å²) in [6.07, 6.45) is 0.00591. The molecule has 0 fully saturated rings. The van der Waals surface area contributed by atoms with Gasteiger partial charge in [-0.25, -0.2) is 4.79 Å². The summed E-state index contributed by atoms with van der Waals surface area (Å²) in [5.74, 6) is 0.235. The molecule has 1 heterocycles. The van der Waals surface area contributed by atoms with Gasteiger partial charge in [0.25, 0.3) is 0 Å². The smallest absolute Gasteiger partial charge is 0.335 e. The van der Waals surface area contributed by atoms with Crippen molar-refractivity contribution in [1.29, 1.82) is 0 Å². The van der Waals surface area contributed by atoms with E-state index in [9.17, 15) is 9.90 Å². The summed E-state index contributed by atoms with van der Waals surface area (Å²) in [6, 6.07) is 5.79. The van der Waals surface area contributed by atoms with Crippen LogP contribution < -0.4 is 4.74 Å². The first kappa shape index (κ1) is 11.9. The highest BCUT2D eigenvalue weighted by Crippen LogP contribution is 2.30. The van der Waals surface area contributed by atoms with Crippen molar-refractivity contribution in [2.24, 2.45) is 0 Å². The molecule has 1 aromatic rings. The van der Waals surface area contributed by atoms with Gasteiger partial charge in [0.1, 0.15) is 5.75 Å². The highest BCUT2D eigenvalue weighted by Gasteiger charge is 2.22. The van der Waals surface area contributed by atoms with Crippen molar-refractivity contribution in [2.45, 2.75) is 25.9 Å². The van der Waals surface area contributed by atoms with E-state index in [1.807, 2.05) is 18.2 Å². The van der Waals surface area contributed by atoms with Crippen LogP contribution >= 0.6 is 0 Å². The van der Waals surface area contributed by atoms with Gasteiger partial charge in [-0.3, -0.25) is 0 Å². The Morgan fingerprint density at radius 1 is 1.59 bits per heavy atom. The Labute approximate surface area is 100 Å². The minimum Gasteiger partial charge on any atom is -0.493 e. The summed E-state index contributed by atoms with van der Waals surface area (Å²) in [5, 5.41) is 9.70. The maximum atomic E-state index is 11.3. The fourth-order valence-electron chi connectivity index (χ4n) is 1.97. The summed E-state index contributed by atoms with van der Waals surface area (Å²) < 4.78 is 10.3. The molecule has 0 unspecified atom stereocenters. The van der Waals surface area contributed by atoms with Gasteiger partial charge in [0.15, 0.2) is 6.10 Å². The Hall–Kier alpha value is -1.55. The summed E-state index contributed by atoms with van der Waals surface area (Å²) in [6.45, 7) is 2.66. The zero-order valence-electron chi connectivity index (χ0n) is 9.81. The monoisotopic (exact) mass is 236 g/mol. The Morgan fingerprint density at radius 3 is 3.18 bits per heavy atom. The molecule has 0 aromatic heterocycles. The van der Waals surface area contributed by atoms with Crippen molar-refractivity contribution in [3.8, 4) is 5.75 Å². The Morgan fingerprint density at radius 2 is 2.41 bits per heavy atom. The number of ether oxygens (including phenoxy) is 2. The maximum Gasteiger partial charge on any atom is 0.335 e. The molecule has 17 heavy (non-hydrogen) atoms. The molecule has 0 saturated carbocycles. The van der Waals surface area contributed by atoms with E-state index in [1.54, 1.807) is 6.92 Å². The van der Waals surface area contributed by atoms with Gasteiger partial charge in [0.2, 0.25) is 0 Å². The predicted octanol–water partition coefficient (Wildman–Crippen LogP) is 1.09. The standard InChI is InChI=1S/C13H16O4/c1-2-16-13(15)11(14)8-10-5-3-4-9-6-7-17-12(9)10/h3-5,11,14H,2,6-8H2,1H3/t11-/m0/s1. The topological polar surface area (TPSA) is 55.8 Å². The first-order valence-electron chi connectivity index (χ1n) is 5.80. The predicted molar refractivity (Wildman–Crippen MR) is 62.0 cm³/mol. The average Bonchev–Trinajstić information content (AvgIpc) is 2.78. The molecule has 1 aliphatic rings. The van der Waals surface area contributed by atoms with E-state index in [0.29, 0.717) is 6.61 Å². The van der Waals surface area contributed by atoms with E-state index in [-0.39, 0.29) is 13.0 Å². The Balaban J connectivity index is 2.09. The lowest BCUT2D eigenvalue weighted by atomic mass is 10.0. The van der Waals surface area contributed by atoms with E-state index >= 15 is 0 Å². The van der Waals surface area contributed by atoms with Crippen LogP contribution in [0.3, 0.4) is 0 Å². The number of fused-ring (bicyclic) bond motifs is 1. The third kappa shape index (κ3) is 2.58. The van der Waals surface area contributed by atoms with Crippen LogP contribution in [0.4, 0.5) is 0 Å². The molecule has 1 aliphatic heterocycles. The fraction of sp³-hybridized carbons (Fsp3) is 0.462. The molecule has 0 saturated heterocycles. The molecule has 0 bridgehead atoms. The van der Waals surface area contributed by atoms with Gasteiger partial charge < -0.3 is 14.6 Å². The first-order valence-corrected chi connectivity index (χ1v) is 5.80. The van der Waals surface area contributed by atoms with Crippen LogP contribution in [-0.4, -0.2) is 30.4 Å². The van der Waals surface area contributed by atoms with Gasteiger partial charge in [0, 0.05) is 12.8 Å². The molecule has 0 radical (unpaired) electrons. The molecule has 92 valence electrons. The second-order valence-electron chi connectivity index (χ2n) is 3.98. The van der Waals surface area contributed by atoms with Crippen molar-refractivity contribution in [1.82, 2.24) is 0 Å². The molecule has 0 aliphatic carbocycles. The van der Waals surface area contributed by atoms with Gasteiger partial charge in [0.05, 0.1) is 13.2 Å². The van der Waals surface area contributed by atoms with E-state index in [1.165, 1.54) is 0 Å². The highest BCUT2D eigenvalue weighted by molar-refractivity contribution is 5.75. The largest absolute Gasteiger partial charge is 0.493 e. The van der Waals surface area contributed by atoms with Gasteiger partial charge in [-0.15, -0.1) is 0 Å². The second kappa shape index (κ2) is 5.19. The summed E-state index contributed by atoms with van der Waals surface area (Å²) in [7, 11) is 0. The van der Waals surface area contributed by atoms with Crippen LogP contribution in [0.25, 0.3) is 0 Å². The van der Waals surface area contributed by atoms with E-state index in [0.717, 1.165) is 23.3 Å². The molecule has 0 spiro atoms. The maximum absolute atomic E-state index is 11.3. The minimum atomic E-state index is -1.12. The van der Waals surface area contributed by atoms with Crippen LogP contribution in [0.2, 0.25) is 0 Å². The molecule has 0 amide bonds. The first-order chi connectivity index (χ1) is 8.22. The summed E-state index contributed by atoms with van der Waals surface area (Å²) in [4.78, 5) is 11.3. The summed E-state index contributed by atoms with van der Waals surface area (Å²) in [5.41, 5.74) is 2.00. The quantitative estimate of drug-likeness (QED) is 0.795. The number of rotatable bonds is 4. The van der Waals surface area contributed by atoms with Gasteiger partial charge >= 0.3 is 5.97 Å². The zero-order valence-corrected chi connectivity index (χ0v) is 9.81. The molecule has 1 aromatic carbocycles. The lowest BCUT2D eigenvalue weighted by Gasteiger charge is -2.12. The SMILES string of the molecule is CCOC(=O)[C@@H](O)Cc1cccc2c1OCC2. The molecule has 4 nitrogen and oxygen atoms in total.